The molecule has 0 saturated carbocycles. The van der Waals surface area contributed by atoms with Gasteiger partial charge in [0.2, 0.25) is 5.78 Å². The number of carbonyl (C=O) groups excluding carboxylic acids is 1. The Labute approximate surface area is 117 Å². The third-order valence-corrected chi connectivity index (χ3v) is 3.34. The summed E-state index contributed by atoms with van der Waals surface area (Å²) in [6, 6.07) is 13.3. The fraction of sp³-hybridized carbons (Fsp3) is 0.176. The molecule has 0 aliphatic carbocycles. The van der Waals surface area contributed by atoms with Crippen LogP contribution in [0.5, 0.6) is 0 Å². The van der Waals surface area contributed by atoms with Crippen molar-refractivity contribution in [1.82, 2.24) is 4.98 Å². The minimum absolute atomic E-state index is 0.0436. The van der Waals surface area contributed by atoms with Crippen LogP contribution in [-0.2, 0) is 12.8 Å². The van der Waals surface area contributed by atoms with Gasteiger partial charge in [0.05, 0.1) is 6.42 Å². The maximum Gasteiger partial charge on any atom is 0.203 e. The number of carbonyl (C=O) groups is 1. The number of rotatable bonds is 4. The quantitative estimate of drug-likeness (QED) is 0.673. The van der Waals surface area contributed by atoms with Gasteiger partial charge in [-0.3, -0.25) is 9.78 Å². The van der Waals surface area contributed by atoms with Crippen LogP contribution in [0.15, 0.2) is 53.1 Å². The number of pyridine rings is 1. The van der Waals surface area contributed by atoms with Gasteiger partial charge in [-0.15, -0.1) is 0 Å². The number of fused-ring (bicyclic) bond motifs is 1. The minimum atomic E-state index is -0.0436. The molecule has 0 aliphatic rings. The molecule has 0 aliphatic heterocycles. The van der Waals surface area contributed by atoms with Gasteiger partial charge in [-0.2, -0.15) is 0 Å². The number of hydrogen-bond donors (Lipinski definition) is 0. The van der Waals surface area contributed by atoms with Crippen LogP contribution in [0.1, 0.15) is 28.7 Å². The van der Waals surface area contributed by atoms with Crippen molar-refractivity contribution in [3.63, 3.8) is 0 Å². The zero-order valence-corrected chi connectivity index (χ0v) is 11.3. The summed E-state index contributed by atoms with van der Waals surface area (Å²) in [5.41, 5.74) is 2.68. The highest BCUT2D eigenvalue weighted by molar-refractivity contribution is 5.98. The number of aryl methyl sites for hydroxylation is 1. The average molecular weight is 265 g/mol. The van der Waals surface area contributed by atoms with E-state index in [0.29, 0.717) is 5.76 Å². The predicted molar refractivity (Wildman–Crippen MR) is 77.9 cm³/mol. The van der Waals surface area contributed by atoms with Gasteiger partial charge in [0.1, 0.15) is 5.58 Å². The average Bonchev–Trinajstić information content (AvgIpc) is 2.92. The molecule has 1 aromatic carbocycles. The van der Waals surface area contributed by atoms with Crippen LogP contribution in [-0.4, -0.2) is 10.8 Å². The van der Waals surface area contributed by atoms with E-state index < -0.39 is 0 Å². The van der Waals surface area contributed by atoms with Gasteiger partial charge >= 0.3 is 0 Å². The summed E-state index contributed by atoms with van der Waals surface area (Å²) < 4.78 is 5.57. The van der Waals surface area contributed by atoms with Crippen molar-refractivity contribution in [3.8, 4) is 0 Å². The van der Waals surface area contributed by atoms with E-state index in [0.717, 1.165) is 23.1 Å². The molecule has 0 atom stereocenters. The number of aromatic nitrogens is 1. The van der Waals surface area contributed by atoms with E-state index in [4.69, 9.17) is 4.42 Å². The Balaban J connectivity index is 1.81. The lowest BCUT2D eigenvalue weighted by Gasteiger charge is -2.00. The largest absolute Gasteiger partial charge is 0.453 e. The standard InChI is InChI=1S/C17H15NO2/c1-2-12-7-8-14(18-11-12)10-15(19)17-9-13-5-3-4-6-16(13)20-17/h3-9,11H,2,10H2,1H3. The first-order chi connectivity index (χ1) is 9.76. The molecule has 20 heavy (non-hydrogen) atoms. The molecular formula is C17H15NO2. The first-order valence-corrected chi connectivity index (χ1v) is 6.72. The van der Waals surface area contributed by atoms with Crippen LogP contribution in [0.4, 0.5) is 0 Å². The molecule has 3 heteroatoms. The highest BCUT2D eigenvalue weighted by Crippen LogP contribution is 2.20. The second-order valence-electron chi connectivity index (χ2n) is 4.76. The number of nitrogens with zero attached hydrogens (tertiary/aromatic N) is 1. The lowest BCUT2D eigenvalue weighted by molar-refractivity contribution is 0.0967. The second kappa shape index (κ2) is 5.29. The van der Waals surface area contributed by atoms with Crippen molar-refractivity contribution >= 4 is 16.8 Å². The molecule has 0 N–H and O–H groups in total. The zero-order chi connectivity index (χ0) is 13.9. The lowest BCUT2D eigenvalue weighted by atomic mass is 10.1. The smallest absolute Gasteiger partial charge is 0.203 e. The van der Waals surface area contributed by atoms with Gasteiger partial charge < -0.3 is 4.42 Å². The van der Waals surface area contributed by atoms with E-state index in [2.05, 4.69) is 11.9 Å². The van der Waals surface area contributed by atoms with Gasteiger partial charge in [0.25, 0.3) is 0 Å². The number of para-hydroxylation sites is 1. The number of furan rings is 1. The molecule has 0 unspecified atom stereocenters. The Kier molecular flexibility index (Phi) is 3.33. The van der Waals surface area contributed by atoms with E-state index in [-0.39, 0.29) is 12.2 Å². The summed E-state index contributed by atoms with van der Waals surface area (Å²) in [7, 11) is 0. The maximum atomic E-state index is 12.2. The van der Waals surface area contributed by atoms with Gasteiger partial charge in [-0.25, -0.2) is 0 Å². The third-order valence-electron chi connectivity index (χ3n) is 3.34. The van der Waals surface area contributed by atoms with Crippen molar-refractivity contribution in [2.75, 3.05) is 0 Å². The second-order valence-corrected chi connectivity index (χ2v) is 4.76. The topological polar surface area (TPSA) is 43.1 Å². The molecule has 2 aromatic heterocycles. The zero-order valence-electron chi connectivity index (χ0n) is 11.3. The fourth-order valence-corrected chi connectivity index (χ4v) is 2.14. The number of benzene rings is 1. The molecule has 0 saturated heterocycles. The Hall–Kier alpha value is -2.42. The van der Waals surface area contributed by atoms with Crippen LogP contribution in [0.25, 0.3) is 11.0 Å². The van der Waals surface area contributed by atoms with E-state index in [1.807, 2.05) is 42.6 Å². The Bertz CT molecular complexity index is 708. The third kappa shape index (κ3) is 2.48. The van der Waals surface area contributed by atoms with Crippen LogP contribution in [0.2, 0.25) is 0 Å². The molecule has 0 fully saturated rings. The highest BCUT2D eigenvalue weighted by Gasteiger charge is 2.13. The molecule has 3 aromatic rings. The molecule has 0 radical (unpaired) electrons. The van der Waals surface area contributed by atoms with Crippen LogP contribution < -0.4 is 0 Å². The Morgan fingerprint density at radius 1 is 1.20 bits per heavy atom. The summed E-state index contributed by atoms with van der Waals surface area (Å²) in [5.74, 6) is 0.352. The van der Waals surface area contributed by atoms with Crippen LogP contribution >= 0.6 is 0 Å². The first-order valence-electron chi connectivity index (χ1n) is 6.72. The van der Waals surface area contributed by atoms with Gasteiger partial charge in [0.15, 0.2) is 5.76 Å². The normalized spacial score (nSPS) is 10.8. The molecular weight excluding hydrogens is 250 g/mol. The van der Waals surface area contributed by atoms with E-state index >= 15 is 0 Å². The summed E-state index contributed by atoms with van der Waals surface area (Å²) >= 11 is 0. The first kappa shape index (κ1) is 12.6. The Morgan fingerprint density at radius 3 is 2.75 bits per heavy atom. The minimum Gasteiger partial charge on any atom is -0.453 e. The molecule has 0 spiro atoms. The summed E-state index contributed by atoms with van der Waals surface area (Å²) in [6.45, 7) is 2.08. The summed E-state index contributed by atoms with van der Waals surface area (Å²) in [5, 5.41) is 0.949. The number of ketones is 1. The van der Waals surface area contributed by atoms with Crippen molar-refractivity contribution in [2.24, 2.45) is 0 Å². The SMILES string of the molecule is CCc1ccc(CC(=O)c2cc3ccccc3o2)nc1. The van der Waals surface area contributed by atoms with Crippen molar-refractivity contribution in [3.05, 3.63) is 65.7 Å². The molecule has 100 valence electrons. The predicted octanol–water partition coefficient (Wildman–Crippen LogP) is 3.82. The Morgan fingerprint density at radius 2 is 2.05 bits per heavy atom. The number of hydrogen-bond acceptors (Lipinski definition) is 3. The van der Waals surface area contributed by atoms with E-state index in [1.165, 1.54) is 5.56 Å². The molecule has 0 bridgehead atoms. The van der Waals surface area contributed by atoms with E-state index in [1.54, 1.807) is 6.07 Å². The van der Waals surface area contributed by atoms with Crippen molar-refractivity contribution in [1.29, 1.82) is 0 Å². The van der Waals surface area contributed by atoms with Crippen LogP contribution in [0, 0.1) is 0 Å². The molecule has 3 nitrogen and oxygen atoms in total. The molecule has 3 rings (SSSR count). The highest BCUT2D eigenvalue weighted by atomic mass is 16.3. The van der Waals surface area contributed by atoms with Crippen LogP contribution in [0.3, 0.4) is 0 Å². The molecule has 2 heterocycles. The van der Waals surface area contributed by atoms with Crippen molar-refractivity contribution < 1.29 is 9.21 Å². The summed E-state index contributed by atoms with van der Waals surface area (Å²) in [4.78, 5) is 16.5. The van der Waals surface area contributed by atoms with Gasteiger partial charge in [-0.1, -0.05) is 31.2 Å². The van der Waals surface area contributed by atoms with Crippen molar-refractivity contribution in [2.45, 2.75) is 19.8 Å². The number of Topliss-reactive ketones (excluding diaryl/α,β-unsaturated/α-hetero) is 1. The fourth-order valence-electron chi connectivity index (χ4n) is 2.14. The monoisotopic (exact) mass is 265 g/mol. The molecule has 0 amide bonds. The van der Waals surface area contributed by atoms with E-state index in [9.17, 15) is 4.79 Å². The lowest BCUT2D eigenvalue weighted by Crippen LogP contribution is -2.04. The van der Waals surface area contributed by atoms with Gasteiger partial charge in [-0.05, 0) is 30.2 Å². The maximum absolute atomic E-state index is 12.2. The summed E-state index contributed by atoms with van der Waals surface area (Å²) in [6.07, 6.45) is 3.04. The van der Waals surface area contributed by atoms with Gasteiger partial charge in [0, 0.05) is 17.3 Å².